The highest BCUT2D eigenvalue weighted by atomic mass is 16.5. The van der Waals surface area contributed by atoms with Gasteiger partial charge in [-0.3, -0.25) is 19.1 Å². The van der Waals surface area contributed by atoms with Gasteiger partial charge < -0.3 is 29.5 Å². The first-order chi connectivity index (χ1) is 34.5. The predicted molar refractivity (Wildman–Crippen MR) is 273 cm³/mol. The maximum atomic E-state index is 14.6. The van der Waals surface area contributed by atoms with Crippen molar-refractivity contribution in [3.63, 3.8) is 0 Å². The fourth-order valence-corrected chi connectivity index (χ4v) is 10.4. The summed E-state index contributed by atoms with van der Waals surface area (Å²) in [4.78, 5) is 77.7. The molecule has 9 rings (SSSR count). The van der Waals surface area contributed by atoms with Crippen LogP contribution in [0.25, 0.3) is 27.9 Å². The Labute approximate surface area is 413 Å². The van der Waals surface area contributed by atoms with Gasteiger partial charge in [0.25, 0.3) is 5.56 Å². The molecule has 1 atom stereocenters. The monoisotopic (exact) mass is 956 g/mol. The number of hydrogen-bond acceptors (Lipinski definition) is 10. The van der Waals surface area contributed by atoms with Gasteiger partial charge in [-0.05, 0) is 129 Å². The van der Waals surface area contributed by atoms with Crippen molar-refractivity contribution in [3.8, 4) is 12.3 Å². The molecule has 0 saturated carbocycles. The van der Waals surface area contributed by atoms with Gasteiger partial charge in [0.05, 0.1) is 28.4 Å². The first kappa shape index (κ1) is 48.5. The third-order valence-corrected chi connectivity index (χ3v) is 14.4. The van der Waals surface area contributed by atoms with Crippen LogP contribution in [0.3, 0.4) is 0 Å². The lowest BCUT2D eigenvalue weighted by Crippen LogP contribution is -2.59. The molecular weight excluding hydrogens is 897 g/mol. The highest BCUT2D eigenvalue weighted by molar-refractivity contribution is 5.91. The quantitative estimate of drug-likeness (QED) is 0.0985. The highest BCUT2D eigenvalue weighted by Gasteiger charge is 2.34. The van der Waals surface area contributed by atoms with Gasteiger partial charge in [-0.15, -0.1) is 6.42 Å². The number of carbonyl (C=O) groups excluding carboxylic acids is 4. The first-order valence-corrected chi connectivity index (χ1v) is 24.4. The smallest absolute Gasteiger partial charge is 0.339 e. The molecule has 3 fully saturated rings. The van der Waals surface area contributed by atoms with E-state index in [9.17, 15) is 24.0 Å². The van der Waals surface area contributed by atoms with Gasteiger partial charge in [-0.2, -0.15) is 5.10 Å². The lowest BCUT2D eigenvalue weighted by Gasteiger charge is -2.43. The SMILES string of the molecule is C#Cc1cccc(C(=O)OCn2ncc3cc(CC(NC(=O)N4CCC(c5cc6ccccc6n(COC(=O)c6cccc(C=C)c6)c5=O)CC4)C(=O)N4CCN(C5CCN(C)CC5)CC4)cc(C)c32)c1. The molecule has 4 aromatic carbocycles. The number of fused-ring (bicyclic) bond motifs is 2. The molecule has 3 aliphatic rings. The number of urea groups is 1. The van der Waals surface area contributed by atoms with Gasteiger partial charge >= 0.3 is 18.0 Å². The van der Waals surface area contributed by atoms with Crippen molar-refractivity contribution in [1.29, 1.82) is 0 Å². The van der Waals surface area contributed by atoms with Gasteiger partial charge in [0.2, 0.25) is 5.91 Å². The van der Waals surface area contributed by atoms with Crippen molar-refractivity contribution in [2.75, 3.05) is 59.4 Å². The van der Waals surface area contributed by atoms with Crippen LogP contribution in [0.2, 0.25) is 0 Å². The topological polar surface area (TPSA) is 152 Å². The molecule has 71 heavy (non-hydrogen) atoms. The van der Waals surface area contributed by atoms with E-state index >= 15 is 0 Å². The van der Waals surface area contributed by atoms with E-state index in [0.29, 0.717) is 72.8 Å². The predicted octanol–water partition coefficient (Wildman–Crippen LogP) is 6.65. The van der Waals surface area contributed by atoms with E-state index in [1.54, 1.807) is 64.3 Å². The third-order valence-electron chi connectivity index (χ3n) is 14.4. The standard InChI is InChI=1S/C56H60N8O7/c1-5-39-11-9-14-44(30-39)54(67)70-36-63-50-16-8-7-13-43(50)34-48(52(63)65)42-17-23-62(24-18-42)56(69)58-49(53(66)61-27-25-60(26-28-61)47-19-21-59(4)22-20-47)33-41-29-38(3)51-46(32-41)35-57-64(51)37-71-55(68)45-15-10-12-40(6-2)31-45/h2,5,7-16,29-32,34-35,42,47,49H,1,17-28,33,36-37H2,3-4H3,(H,58,69). The van der Waals surface area contributed by atoms with Crippen LogP contribution in [0.15, 0.2) is 109 Å². The Balaban J connectivity index is 0.892. The molecule has 366 valence electrons. The normalized spacial score (nSPS) is 16.6. The molecule has 1 unspecified atom stereocenters. The lowest BCUT2D eigenvalue weighted by atomic mass is 9.89. The number of esters is 2. The van der Waals surface area contributed by atoms with Crippen molar-refractivity contribution in [2.45, 2.75) is 70.5 Å². The summed E-state index contributed by atoms with van der Waals surface area (Å²) in [5, 5.41) is 9.34. The maximum Gasteiger partial charge on any atom is 0.339 e. The van der Waals surface area contributed by atoms with Gasteiger partial charge in [-0.1, -0.05) is 61.0 Å². The zero-order valence-corrected chi connectivity index (χ0v) is 40.4. The van der Waals surface area contributed by atoms with Crippen LogP contribution >= 0.6 is 0 Å². The molecule has 15 nitrogen and oxygen atoms in total. The summed E-state index contributed by atoms with van der Waals surface area (Å²) in [5.74, 6) is 1.18. The van der Waals surface area contributed by atoms with E-state index in [0.717, 1.165) is 72.0 Å². The summed E-state index contributed by atoms with van der Waals surface area (Å²) in [6.45, 7) is 10.9. The Morgan fingerprint density at radius 3 is 2.24 bits per heavy atom. The van der Waals surface area contributed by atoms with Gasteiger partial charge in [0.1, 0.15) is 6.04 Å². The van der Waals surface area contributed by atoms with E-state index in [1.807, 2.05) is 60.4 Å². The van der Waals surface area contributed by atoms with Gasteiger partial charge in [0, 0.05) is 68.2 Å². The van der Waals surface area contributed by atoms with Crippen molar-refractivity contribution in [2.24, 2.45) is 0 Å². The van der Waals surface area contributed by atoms with E-state index in [2.05, 4.69) is 39.8 Å². The second-order valence-corrected chi connectivity index (χ2v) is 18.9. The number of ether oxygens (including phenoxy) is 2. The van der Waals surface area contributed by atoms with Gasteiger partial charge in [0.15, 0.2) is 13.5 Å². The second-order valence-electron chi connectivity index (χ2n) is 18.9. The Hall–Kier alpha value is -7.54. The Morgan fingerprint density at radius 2 is 1.51 bits per heavy atom. The van der Waals surface area contributed by atoms with Gasteiger partial charge in [-0.25, -0.2) is 19.1 Å². The van der Waals surface area contributed by atoms with E-state index in [-0.39, 0.29) is 43.3 Å². The number of rotatable bonds is 13. The number of aryl methyl sites for hydroxylation is 1. The second kappa shape index (κ2) is 21.6. The number of hydrogen-bond donors (Lipinski definition) is 1. The average Bonchev–Trinajstić information content (AvgIpc) is 3.82. The molecular formula is C56H60N8O7. The van der Waals surface area contributed by atoms with Crippen LogP contribution in [0.4, 0.5) is 4.79 Å². The molecule has 5 heterocycles. The molecule has 0 spiro atoms. The van der Waals surface area contributed by atoms with Crippen molar-refractivity contribution in [1.82, 2.24) is 39.3 Å². The minimum atomic E-state index is -0.851. The number of benzene rings is 4. The number of piperidine rings is 2. The fraction of sp³-hybridized carbons (Fsp3) is 0.357. The Morgan fingerprint density at radius 1 is 0.803 bits per heavy atom. The Kier molecular flexibility index (Phi) is 14.8. The van der Waals surface area contributed by atoms with E-state index in [4.69, 9.17) is 15.9 Å². The summed E-state index contributed by atoms with van der Waals surface area (Å²) in [7, 11) is 2.16. The number of carbonyl (C=O) groups is 4. The molecule has 3 aliphatic heterocycles. The number of pyridine rings is 1. The Bertz CT molecular complexity index is 3070. The summed E-state index contributed by atoms with van der Waals surface area (Å²) in [5.41, 5.74) is 5.58. The minimum Gasteiger partial charge on any atom is -0.440 e. The molecule has 3 saturated heterocycles. The van der Waals surface area contributed by atoms with Crippen LogP contribution < -0.4 is 10.9 Å². The minimum absolute atomic E-state index is 0.112. The van der Waals surface area contributed by atoms with Crippen LogP contribution in [0.1, 0.15) is 80.1 Å². The van der Waals surface area contributed by atoms with Crippen LogP contribution in [0, 0.1) is 19.3 Å². The molecule has 2 aromatic heterocycles. The molecule has 0 bridgehead atoms. The van der Waals surface area contributed by atoms with Crippen molar-refractivity contribution >= 4 is 51.8 Å². The average molecular weight is 957 g/mol. The lowest BCUT2D eigenvalue weighted by molar-refractivity contribution is -0.135. The molecule has 15 heteroatoms. The number of para-hydroxylation sites is 1. The van der Waals surface area contributed by atoms with Crippen LogP contribution in [-0.2, 0) is 34.2 Å². The summed E-state index contributed by atoms with van der Waals surface area (Å²) >= 11 is 0. The summed E-state index contributed by atoms with van der Waals surface area (Å²) in [6, 6.07) is 26.4. The maximum absolute atomic E-state index is 14.6. The number of aromatic nitrogens is 3. The highest BCUT2D eigenvalue weighted by Crippen LogP contribution is 2.29. The van der Waals surface area contributed by atoms with Crippen molar-refractivity contribution < 1.29 is 28.7 Å². The van der Waals surface area contributed by atoms with E-state index in [1.165, 1.54) is 4.57 Å². The van der Waals surface area contributed by atoms with Crippen LogP contribution in [0.5, 0.6) is 0 Å². The molecule has 3 amide bonds. The van der Waals surface area contributed by atoms with Crippen molar-refractivity contribution in [3.05, 3.63) is 153 Å². The molecule has 6 aromatic rings. The molecule has 0 aliphatic carbocycles. The summed E-state index contributed by atoms with van der Waals surface area (Å²) < 4.78 is 14.5. The number of piperazine rings is 1. The zero-order valence-electron chi connectivity index (χ0n) is 40.4. The number of amides is 3. The van der Waals surface area contributed by atoms with Crippen LogP contribution in [-0.4, -0.2) is 129 Å². The molecule has 1 N–H and O–H groups in total. The number of nitrogens with one attached hydrogen (secondary N) is 1. The largest absolute Gasteiger partial charge is 0.440 e. The fourth-order valence-electron chi connectivity index (χ4n) is 10.4. The first-order valence-electron chi connectivity index (χ1n) is 24.4. The molecule has 0 radical (unpaired) electrons. The van der Waals surface area contributed by atoms with E-state index < -0.39 is 18.0 Å². The number of terminal acetylenes is 1. The third kappa shape index (κ3) is 10.9. The number of likely N-dealkylation sites (tertiary alicyclic amines) is 2. The summed E-state index contributed by atoms with van der Waals surface area (Å²) in [6.07, 6.45) is 12.4. The number of nitrogens with zero attached hydrogens (tertiary/aromatic N) is 7. The zero-order chi connectivity index (χ0) is 49.6.